The van der Waals surface area contributed by atoms with Crippen LogP contribution in [0.4, 0.5) is 5.69 Å². The summed E-state index contributed by atoms with van der Waals surface area (Å²) in [5.74, 6) is 0.724. The zero-order valence-electron chi connectivity index (χ0n) is 22.6. The lowest BCUT2D eigenvalue weighted by Gasteiger charge is -2.28. The molecule has 3 rings (SSSR count). The first kappa shape index (κ1) is 29.5. The van der Waals surface area contributed by atoms with E-state index in [-0.39, 0.29) is 5.91 Å². The maximum absolute atomic E-state index is 13.0. The second kappa shape index (κ2) is 18.2. The summed E-state index contributed by atoms with van der Waals surface area (Å²) in [5.41, 5.74) is 7.93. The SMILES string of the molecule is CNNC(=NCCCCCCCC(=O)N(Cc1ccccc1)OCCN1CCOCC1)Nc1ccncc1. The number of pyridine rings is 1. The van der Waals surface area contributed by atoms with Crippen molar-refractivity contribution < 1.29 is 14.4 Å². The van der Waals surface area contributed by atoms with Crippen LogP contribution in [0.1, 0.15) is 44.1 Å². The molecule has 0 radical (unpaired) electrons. The van der Waals surface area contributed by atoms with Gasteiger partial charge in [-0.1, -0.05) is 49.6 Å². The Morgan fingerprint density at radius 3 is 2.55 bits per heavy atom. The van der Waals surface area contributed by atoms with Crippen molar-refractivity contribution in [3.63, 3.8) is 0 Å². The van der Waals surface area contributed by atoms with E-state index in [1.165, 1.54) is 0 Å². The molecule has 0 spiro atoms. The molecule has 10 nitrogen and oxygen atoms in total. The normalized spacial score (nSPS) is 14.3. The Balaban J connectivity index is 1.33. The van der Waals surface area contributed by atoms with Crippen LogP contribution >= 0.6 is 0 Å². The van der Waals surface area contributed by atoms with Crippen LogP contribution in [0.25, 0.3) is 0 Å². The van der Waals surface area contributed by atoms with Gasteiger partial charge in [0.25, 0.3) is 0 Å². The minimum Gasteiger partial charge on any atom is -0.379 e. The number of morpholine rings is 1. The van der Waals surface area contributed by atoms with E-state index in [1.807, 2.05) is 42.5 Å². The predicted molar refractivity (Wildman–Crippen MR) is 150 cm³/mol. The molecular weight excluding hydrogens is 482 g/mol. The molecule has 3 N–H and O–H groups in total. The van der Waals surface area contributed by atoms with Crippen LogP contribution in [0, 0.1) is 0 Å². The molecule has 0 bridgehead atoms. The van der Waals surface area contributed by atoms with Crippen LogP contribution < -0.4 is 16.2 Å². The maximum atomic E-state index is 13.0. The molecule has 10 heteroatoms. The molecule has 0 atom stereocenters. The number of unbranched alkanes of at least 4 members (excludes halogenated alkanes) is 4. The van der Waals surface area contributed by atoms with Crippen LogP contribution in [0.3, 0.4) is 0 Å². The molecule has 1 aromatic carbocycles. The summed E-state index contributed by atoms with van der Waals surface area (Å²) in [6.07, 6.45) is 8.98. The molecule has 0 aliphatic carbocycles. The molecule has 1 aliphatic rings. The number of benzene rings is 1. The molecule has 0 saturated carbocycles. The summed E-state index contributed by atoms with van der Waals surface area (Å²) in [6, 6.07) is 13.8. The highest BCUT2D eigenvalue weighted by atomic mass is 16.7. The monoisotopic (exact) mass is 525 g/mol. The number of hydrogen-bond donors (Lipinski definition) is 3. The topological polar surface area (TPSA) is 103 Å². The average molecular weight is 526 g/mol. The van der Waals surface area contributed by atoms with Crippen LogP contribution in [-0.4, -0.2) is 79.9 Å². The van der Waals surface area contributed by atoms with Crippen LogP contribution in [0.2, 0.25) is 0 Å². The van der Waals surface area contributed by atoms with Crippen molar-refractivity contribution in [3.05, 3.63) is 60.4 Å². The van der Waals surface area contributed by atoms with Gasteiger partial charge in [-0.3, -0.25) is 29.9 Å². The number of rotatable bonds is 16. The minimum atomic E-state index is 0.0467. The smallest absolute Gasteiger partial charge is 0.246 e. The number of aliphatic imine (C=N–C) groups is 1. The zero-order valence-corrected chi connectivity index (χ0v) is 22.6. The third-order valence-corrected chi connectivity index (χ3v) is 6.21. The van der Waals surface area contributed by atoms with E-state index in [1.54, 1.807) is 24.5 Å². The average Bonchev–Trinajstić information content (AvgIpc) is 2.95. The Labute approximate surface area is 226 Å². The number of hydroxylamine groups is 2. The third kappa shape index (κ3) is 12.0. The Morgan fingerprint density at radius 1 is 1.05 bits per heavy atom. The highest BCUT2D eigenvalue weighted by Gasteiger charge is 2.16. The number of guanidine groups is 1. The fourth-order valence-corrected chi connectivity index (χ4v) is 4.09. The lowest BCUT2D eigenvalue weighted by atomic mass is 10.1. The Bertz CT molecular complexity index is 925. The third-order valence-electron chi connectivity index (χ3n) is 6.21. The maximum Gasteiger partial charge on any atom is 0.246 e. The highest BCUT2D eigenvalue weighted by Crippen LogP contribution is 2.12. The van der Waals surface area contributed by atoms with Gasteiger partial charge in [-0.05, 0) is 30.5 Å². The van der Waals surface area contributed by atoms with Gasteiger partial charge in [-0.15, -0.1) is 0 Å². The van der Waals surface area contributed by atoms with Crippen molar-refractivity contribution in [1.29, 1.82) is 0 Å². The van der Waals surface area contributed by atoms with Crippen molar-refractivity contribution >= 4 is 17.6 Å². The van der Waals surface area contributed by atoms with E-state index in [9.17, 15) is 4.79 Å². The molecule has 1 aromatic heterocycles. The molecule has 2 heterocycles. The van der Waals surface area contributed by atoms with Gasteiger partial charge < -0.3 is 10.1 Å². The minimum absolute atomic E-state index is 0.0467. The molecule has 208 valence electrons. The van der Waals surface area contributed by atoms with Crippen molar-refractivity contribution in [3.8, 4) is 0 Å². The number of hydrogen-bond acceptors (Lipinski definition) is 7. The summed E-state index contributed by atoms with van der Waals surface area (Å²) in [7, 11) is 1.81. The summed E-state index contributed by atoms with van der Waals surface area (Å²) in [5, 5.41) is 4.79. The zero-order chi connectivity index (χ0) is 26.7. The van der Waals surface area contributed by atoms with Crippen molar-refractivity contribution in [2.45, 2.75) is 45.1 Å². The number of hydrazine groups is 1. The van der Waals surface area contributed by atoms with E-state index >= 15 is 0 Å². The fraction of sp³-hybridized carbons (Fsp3) is 0.536. The number of nitrogens with zero attached hydrogens (tertiary/aromatic N) is 4. The quantitative estimate of drug-likeness (QED) is 0.133. The van der Waals surface area contributed by atoms with E-state index in [0.29, 0.717) is 25.5 Å². The van der Waals surface area contributed by atoms with Crippen LogP contribution in [0.5, 0.6) is 0 Å². The summed E-state index contributed by atoms with van der Waals surface area (Å²) >= 11 is 0. The Kier molecular flexibility index (Phi) is 14.2. The van der Waals surface area contributed by atoms with Crippen LogP contribution in [0.15, 0.2) is 59.9 Å². The molecule has 38 heavy (non-hydrogen) atoms. The number of nitrogens with one attached hydrogen (secondary N) is 3. The fourth-order valence-electron chi connectivity index (χ4n) is 4.09. The first-order valence-electron chi connectivity index (χ1n) is 13.7. The molecular formula is C28H43N7O3. The van der Waals surface area contributed by atoms with Crippen molar-refractivity contribution in [2.24, 2.45) is 4.99 Å². The second-order valence-electron chi connectivity index (χ2n) is 9.19. The van der Waals surface area contributed by atoms with Gasteiger partial charge in [-0.25, -0.2) is 10.5 Å². The standard InChI is InChI=1S/C28H43N7O3/c1-29-33-28(32-26-13-16-30-17-14-26)31-15-9-4-2-3-8-12-27(36)35(24-25-10-6-5-7-11-25)38-23-20-34-18-21-37-22-19-34/h5-7,10-11,13-14,16-17,29H,2-4,8-9,12,15,18-24H2,1H3,(H2,30,31,32,33). The van der Waals surface area contributed by atoms with Gasteiger partial charge in [0, 0.05) is 57.7 Å². The molecule has 1 amide bonds. The number of carbonyl (C=O) groups excluding carboxylic acids is 1. The largest absolute Gasteiger partial charge is 0.379 e. The molecule has 1 aliphatic heterocycles. The van der Waals surface area contributed by atoms with Crippen LogP contribution in [-0.2, 0) is 20.9 Å². The number of anilines is 1. The van der Waals surface area contributed by atoms with Gasteiger partial charge >= 0.3 is 0 Å². The summed E-state index contributed by atoms with van der Waals surface area (Å²) in [6.45, 7) is 5.84. The second-order valence-corrected chi connectivity index (χ2v) is 9.19. The molecule has 0 unspecified atom stereocenters. The van der Waals surface area contributed by atoms with E-state index < -0.39 is 0 Å². The predicted octanol–water partition coefficient (Wildman–Crippen LogP) is 3.21. The van der Waals surface area contributed by atoms with Crippen molar-refractivity contribution in [1.82, 2.24) is 25.8 Å². The summed E-state index contributed by atoms with van der Waals surface area (Å²) < 4.78 is 5.41. The van der Waals surface area contributed by atoms with E-state index in [0.717, 1.165) is 82.7 Å². The van der Waals surface area contributed by atoms with Gasteiger partial charge in [0.1, 0.15) is 0 Å². The van der Waals surface area contributed by atoms with E-state index in [4.69, 9.17) is 9.57 Å². The Hall–Kier alpha value is -3.05. The molecule has 1 saturated heterocycles. The lowest BCUT2D eigenvalue weighted by molar-refractivity contribution is -0.192. The number of ether oxygens (including phenoxy) is 1. The first-order chi connectivity index (χ1) is 18.7. The number of aromatic nitrogens is 1. The Morgan fingerprint density at radius 2 is 1.79 bits per heavy atom. The highest BCUT2D eigenvalue weighted by molar-refractivity contribution is 5.93. The first-order valence-corrected chi connectivity index (χ1v) is 13.7. The van der Waals surface area contributed by atoms with Gasteiger partial charge in [0.2, 0.25) is 11.9 Å². The van der Waals surface area contributed by atoms with Gasteiger partial charge in [-0.2, -0.15) is 0 Å². The van der Waals surface area contributed by atoms with E-state index in [2.05, 4.69) is 31.0 Å². The van der Waals surface area contributed by atoms with Gasteiger partial charge in [0.15, 0.2) is 0 Å². The number of carbonyl (C=O) groups is 1. The van der Waals surface area contributed by atoms with Crippen molar-refractivity contribution in [2.75, 3.05) is 58.4 Å². The molecule has 2 aromatic rings. The van der Waals surface area contributed by atoms with Gasteiger partial charge in [0.05, 0.1) is 26.4 Å². The summed E-state index contributed by atoms with van der Waals surface area (Å²) in [4.78, 5) is 29.9. The lowest BCUT2D eigenvalue weighted by Crippen LogP contribution is -2.40. The number of amides is 1. The molecule has 1 fully saturated rings.